The van der Waals surface area contributed by atoms with Gasteiger partial charge < -0.3 is 20.3 Å². The topological polar surface area (TPSA) is 96.3 Å². The molecule has 0 aromatic carbocycles. The summed E-state index contributed by atoms with van der Waals surface area (Å²) in [6.45, 7) is 5.66. The van der Waals surface area contributed by atoms with Crippen molar-refractivity contribution in [2.75, 3.05) is 13.1 Å². The smallest absolute Gasteiger partial charge is 0.356 e. The van der Waals surface area contributed by atoms with Crippen molar-refractivity contribution in [2.45, 2.75) is 32.9 Å². The summed E-state index contributed by atoms with van der Waals surface area (Å²) >= 11 is 0. The summed E-state index contributed by atoms with van der Waals surface area (Å²) in [5.74, 6) is -1.07. The molecule has 1 rings (SSSR count). The molecule has 1 heterocycles. The highest BCUT2D eigenvalue weighted by Gasteiger charge is 2.06. The zero-order chi connectivity index (χ0) is 14.3. The van der Waals surface area contributed by atoms with E-state index in [1.807, 2.05) is 13.8 Å². The summed E-state index contributed by atoms with van der Waals surface area (Å²) in [5.41, 5.74) is 0.00691. The van der Waals surface area contributed by atoms with Crippen molar-refractivity contribution in [3.05, 3.63) is 18.2 Å². The summed E-state index contributed by atoms with van der Waals surface area (Å²) < 4.78 is 1.64. The Balaban J connectivity index is 2.18. The number of hydrogen-bond acceptors (Lipinski definition) is 4. The zero-order valence-corrected chi connectivity index (χ0v) is 11.2. The van der Waals surface area contributed by atoms with Crippen molar-refractivity contribution >= 4 is 11.9 Å². The van der Waals surface area contributed by atoms with Crippen molar-refractivity contribution in [2.24, 2.45) is 0 Å². The summed E-state index contributed by atoms with van der Waals surface area (Å²) in [5, 5.41) is 14.6. The molecule has 1 aromatic heterocycles. The van der Waals surface area contributed by atoms with Crippen LogP contribution in [0.3, 0.4) is 0 Å². The van der Waals surface area contributed by atoms with Gasteiger partial charge in [0.05, 0.1) is 6.33 Å². The number of nitrogens with one attached hydrogen (secondary N) is 2. The third kappa shape index (κ3) is 6.01. The molecule has 0 radical (unpaired) electrons. The molecule has 0 aliphatic heterocycles. The first-order valence-electron chi connectivity index (χ1n) is 6.24. The van der Waals surface area contributed by atoms with Gasteiger partial charge in [-0.15, -0.1) is 0 Å². The highest BCUT2D eigenvalue weighted by molar-refractivity contribution is 5.84. The van der Waals surface area contributed by atoms with E-state index in [2.05, 4.69) is 15.6 Å². The van der Waals surface area contributed by atoms with Crippen LogP contribution in [0, 0.1) is 0 Å². The molecule has 0 saturated heterocycles. The Labute approximate surface area is 112 Å². The minimum atomic E-state index is -1.05. The number of carbonyl (C=O) groups is 2. The van der Waals surface area contributed by atoms with Crippen LogP contribution < -0.4 is 10.6 Å². The monoisotopic (exact) mass is 268 g/mol. The maximum Gasteiger partial charge on any atom is 0.356 e. The van der Waals surface area contributed by atoms with E-state index in [0.29, 0.717) is 32.1 Å². The number of aromatic nitrogens is 2. The number of aromatic carboxylic acids is 1. The second-order valence-electron chi connectivity index (χ2n) is 4.51. The Bertz CT molecular complexity index is 428. The van der Waals surface area contributed by atoms with Crippen molar-refractivity contribution in [3.8, 4) is 0 Å². The molecule has 7 heteroatoms. The van der Waals surface area contributed by atoms with Crippen molar-refractivity contribution in [1.29, 1.82) is 0 Å². The standard InChI is InChI=1S/C12H20N4O3/c1-9(2)13-4-3-11(17)14-5-6-16-7-10(12(18)19)15-8-16/h7-9,13H,3-6H2,1-2H3,(H,14,17)(H,18,19). The van der Waals surface area contributed by atoms with Gasteiger partial charge in [-0.3, -0.25) is 4.79 Å². The molecule has 0 saturated carbocycles. The van der Waals surface area contributed by atoms with Crippen molar-refractivity contribution < 1.29 is 14.7 Å². The fourth-order valence-electron chi connectivity index (χ4n) is 1.48. The molecule has 0 aliphatic rings. The van der Waals surface area contributed by atoms with Gasteiger partial charge in [0.2, 0.25) is 5.91 Å². The van der Waals surface area contributed by atoms with Gasteiger partial charge in [-0.1, -0.05) is 13.8 Å². The zero-order valence-electron chi connectivity index (χ0n) is 11.2. The van der Waals surface area contributed by atoms with Crippen LogP contribution in [-0.4, -0.2) is 45.7 Å². The number of nitrogens with zero attached hydrogens (tertiary/aromatic N) is 2. The molecule has 0 bridgehead atoms. The molecule has 0 aliphatic carbocycles. The SMILES string of the molecule is CC(C)NCCC(=O)NCCn1cnc(C(=O)O)c1. The van der Waals surface area contributed by atoms with Gasteiger partial charge in [-0.05, 0) is 0 Å². The molecule has 0 unspecified atom stereocenters. The third-order valence-corrected chi connectivity index (χ3v) is 2.45. The van der Waals surface area contributed by atoms with E-state index in [1.54, 1.807) is 4.57 Å². The lowest BCUT2D eigenvalue weighted by molar-refractivity contribution is -0.121. The number of carboxylic acids is 1. The molecule has 7 nitrogen and oxygen atoms in total. The Morgan fingerprint density at radius 1 is 1.42 bits per heavy atom. The summed E-state index contributed by atoms with van der Waals surface area (Å²) in [7, 11) is 0. The van der Waals surface area contributed by atoms with Crippen LogP contribution in [-0.2, 0) is 11.3 Å². The second kappa shape index (κ2) is 7.52. The van der Waals surface area contributed by atoms with Crippen LogP contribution in [0.2, 0.25) is 0 Å². The molecular formula is C12H20N4O3. The quantitative estimate of drug-likeness (QED) is 0.620. The molecule has 1 amide bonds. The number of rotatable bonds is 8. The van der Waals surface area contributed by atoms with Crippen LogP contribution in [0.25, 0.3) is 0 Å². The maximum atomic E-state index is 11.5. The van der Waals surface area contributed by atoms with E-state index < -0.39 is 5.97 Å². The molecule has 106 valence electrons. The normalized spacial score (nSPS) is 10.7. The van der Waals surface area contributed by atoms with Crippen molar-refractivity contribution in [3.63, 3.8) is 0 Å². The Morgan fingerprint density at radius 3 is 2.74 bits per heavy atom. The molecule has 0 spiro atoms. The van der Waals surface area contributed by atoms with E-state index >= 15 is 0 Å². The van der Waals surface area contributed by atoms with Gasteiger partial charge in [0, 0.05) is 38.3 Å². The lowest BCUT2D eigenvalue weighted by atomic mass is 10.3. The van der Waals surface area contributed by atoms with Gasteiger partial charge in [-0.25, -0.2) is 9.78 Å². The molecule has 3 N–H and O–H groups in total. The molecule has 0 fully saturated rings. The maximum absolute atomic E-state index is 11.5. The summed E-state index contributed by atoms with van der Waals surface area (Å²) in [6.07, 6.45) is 3.31. The van der Waals surface area contributed by atoms with Gasteiger partial charge >= 0.3 is 5.97 Å². The van der Waals surface area contributed by atoms with Crippen LogP contribution in [0.15, 0.2) is 12.5 Å². The average Bonchev–Trinajstić information content (AvgIpc) is 2.77. The first-order valence-corrected chi connectivity index (χ1v) is 6.24. The molecule has 0 atom stereocenters. The van der Waals surface area contributed by atoms with Crippen LogP contribution >= 0.6 is 0 Å². The number of hydrogen-bond donors (Lipinski definition) is 3. The van der Waals surface area contributed by atoms with E-state index in [0.717, 1.165) is 0 Å². The first-order chi connectivity index (χ1) is 8.99. The summed E-state index contributed by atoms with van der Waals surface area (Å²) in [6, 6.07) is 0.369. The second-order valence-corrected chi connectivity index (χ2v) is 4.51. The Kier molecular flexibility index (Phi) is 6.01. The molecule has 1 aromatic rings. The predicted octanol–water partition coefficient (Wildman–Crippen LogP) is 0.0856. The third-order valence-electron chi connectivity index (χ3n) is 2.45. The average molecular weight is 268 g/mol. The fraction of sp³-hybridized carbons (Fsp3) is 0.583. The van der Waals surface area contributed by atoms with Crippen LogP contribution in [0.5, 0.6) is 0 Å². The summed E-state index contributed by atoms with van der Waals surface area (Å²) in [4.78, 5) is 25.8. The number of carboxylic acid groups (broad SMARTS) is 1. The molecule has 19 heavy (non-hydrogen) atoms. The van der Waals surface area contributed by atoms with Gasteiger partial charge in [0.1, 0.15) is 0 Å². The highest BCUT2D eigenvalue weighted by atomic mass is 16.4. The highest BCUT2D eigenvalue weighted by Crippen LogP contribution is 1.95. The minimum Gasteiger partial charge on any atom is -0.476 e. The first kappa shape index (κ1) is 15.2. The predicted molar refractivity (Wildman–Crippen MR) is 70.0 cm³/mol. The van der Waals surface area contributed by atoms with Crippen LogP contribution in [0.4, 0.5) is 0 Å². The Morgan fingerprint density at radius 2 is 2.16 bits per heavy atom. The van der Waals surface area contributed by atoms with Gasteiger partial charge in [-0.2, -0.15) is 0 Å². The van der Waals surface area contributed by atoms with E-state index in [1.165, 1.54) is 12.5 Å². The number of amides is 1. The largest absolute Gasteiger partial charge is 0.476 e. The number of imidazole rings is 1. The van der Waals surface area contributed by atoms with Crippen LogP contribution in [0.1, 0.15) is 30.8 Å². The Hall–Kier alpha value is -1.89. The minimum absolute atomic E-state index is 0.00691. The van der Waals surface area contributed by atoms with E-state index in [4.69, 9.17) is 5.11 Å². The van der Waals surface area contributed by atoms with Crippen molar-refractivity contribution in [1.82, 2.24) is 20.2 Å². The van der Waals surface area contributed by atoms with Gasteiger partial charge in [0.15, 0.2) is 5.69 Å². The lowest BCUT2D eigenvalue weighted by Crippen LogP contribution is -2.32. The lowest BCUT2D eigenvalue weighted by Gasteiger charge is -2.08. The van der Waals surface area contributed by atoms with Gasteiger partial charge in [0.25, 0.3) is 0 Å². The fourth-order valence-corrected chi connectivity index (χ4v) is 1.48. The van der Waals surface area contributed by atoms with E-state index in [-0.39, 0.29) is 11.6 Å². The van der Waals surface area contributed by atoms with E-state index in [9.17, 15) is 9.59 Å². The number of carbonyl (C=O) groups excluding carboxylic acids is 1. The molecular weight excluding hydrogens is 248 g/mol.